The van der Waals surface area contributed by atoms with E-state index in [-0.39, 0.29) is 32.0 Å². The molecular formula is C29H32N4O4. The van der Waals surface area contributed by atoms with Crippen molar-refractivity contribution in [3.63, 3.8) is 0 Å². The lowest BCUT2D eigenvalue weighted by Gasteiger charge is -2.29. The first-order valence-corrected chi connectivity index (χ1v) is 12.1. The number of nitrogens with one attached hydrogen (secondary N) is 2. The summed E-state index contributed by atoms with van der Waals surface area (Å²) in [5.41, 5.74) is 3.41. The number of para-hydroxylation sites is 2. The molecule has 0 heterocycles. The van der Waals surface area contributed by atoms with Crippen LogP contribution in [-0.2, 0) is 32.1 Å². The molecule has 0 saturated carbocycles. The maximum Gasteiger partial charge on any atom is 0.246 e. The highest BCUT2D eigenvalue weighted by Crippen LogP contribution is 2.29. The molecule has 0 aliphatic rings. The summed E-state index contributed by atoms with van der Waals surface area (Å²) in [7, 11) is 1.91. The second-order valence-electron chi connectivity index (χ2n) is 8.54. The minimum atomic E-state index is -0.476. The molecule has 8 heteroatoms. The second kappa shape index (κ2) is 14.2. The normalized spacial score (nSPS) is 10.3. The average molecular weight is 501 g/mol. The molecule has 0 saturated heterocycles. The van der Waals surface area contributed by atoms with Crippen molar-refractivity contribution in [1.82, 2.24) is 10.6 Å². The Hall–Kier alpha value is -4.46. The van der Waals surface area contributed by atoms with Gasteiger partial charge in [-0.25, -0.2) is 0 Å². The lowest BCUT2D eigenvalue weighted by atomic mass is 10.1. The van der Waals surface area contributed by atoms with E-state index in [1.54, 1.807) is 12.1 Å². The van der Waals surface area contributed by atoms with Crippen molar-refractivity contribution in [2.45, 2.75) is 19.4 Å². The van der Waals surface area contributed by atoms with Gasteiger partial charge in [0.15, 0.2) is 0 Å². The Labute approximate surface area is 217 Å². The summed E-state index contributed by atoms with van der Waals surface area (Å²) in [6, 6.07) is 26.8. The molecule has 0 spiro atoms. The molecule has 8 nitrogen and oxygen atoms in total. The third kappa shape index (κ3) is 8.61. The lowest BCUT2D eigenvalue weighted by Crippen LogP contribution is -2.46. The van der Waals surface area contributed by atoms with Gasteiger partial charge in [0, 0.05) is 20.0 Å². The van der Waals surface area contributed by atoms with Crippen molar-refractivity contribution in [1.29, 1.82) is 0 Å². The minimum absolute atomic E-state index is 0.146. The van der Waals surface area contributed by atoms with E-state index in [1.807, 2.05) is 84.7 Å². The van der Waals surface area contributed by atoms with Crippen LogP contribution >= 0.6 is 0 Å². The van der Waals surface area contributed by atoms with Crippen LogP contribution in [0.25, 0.3) is 0 Å². The van der Waals surface area contributed by atoms with Gasteiger partial charge in [-0.05, 0) is 29.7 Å². The van der Waals surface area contributed by atoms with Crippen LogP contribution in [0.5, 0.6) is 0 Å². The van der Waals surface area contributed by atoms with Gasteiger partial charge in [0.2, 0.25) is 17.7 Å². The fraction of sp³-hybridized carbons (Fsp3) is 0.241. The molecule has 0 fully saturated rings. The van der Waals surface area contributed by atoms with Crippen molar-refractivity contribution >= 4 is 35.4 Å². The van der Waals surface area contributed by atoms with Crippen molar-refractivity contribution < 1.29 is 19.2 Å². The zero-order valence-electron chi connectivity index (χ0n) is 20.9. The van der Waals surface area contributed by atoms with E-state index in [4.69, 9.17) is 0 Å². The fourth-order valence-corrected chi connectivity index (χ4v) is 3.88. The number of rotatable bonds is 13. The molecule has 3 aromatic rings. The molecular weight excluding hydrogens is 468 g/mol. The summed E-state index contributed by atoms with van der Waals surface area (Å²) in [5.74, 6) is -1.16. The van der Waals surface area contributed by atoms with Crippen LogP contribution in [0.3, 0.4) is 0 Å². The molecule has 3 rings (SSSR count). The van der Waals surface area contributed by atoms with Gasteiger partial charge in [-0.1, -0.05) is 72.8 Å². The van der Waals surface area contributed by atoms with E-state index in [1.165, 1.54) is 4.90 Å². The zero-order chi connectivity index (χ0) is 26.5. The number of amides is 3. The maximum atomic E-state index is 13.3. The molecule has 0 aromatic heterocycles. The molecule has 3 amide bonds. The van der Waals surface area contributed by atoms with Gasteiger partial charge in [-0.3, -0.25) is 19.3 Å². The van der Waals surface area contributed by atoms with Gasteiger partial charge in [0.25, 0.3) is 0 Å². The number of hydrogen-bond acceptors (Lipinski definition) is 5. The van der Waals surface area contributed by atoms with Crippen LogP contribution in [0.1, 0.15) is 17.5 Å². The number of benzene rings is 3. The number of hydrogen-bond donors (Lipinski definition) is 2. The predicted molar refractivity (Wildman–Crippen MR) is 144 cm³/mol. The Morgan fingerprint density at radius 3 is 2.00 bits per heavy atom. The van der Waals surface area contributed by atoms with E-state index in [9.17, 15) is 19.2 Å². The smallest absolute Gasteiger partial charge is 0.246 e. The van der Waals surface area contributed by atoms with E-state index in [2.05, 4.69) is 10.6 Å². The van der Waals surface area contributed by atoms with Gasteiger partial charge >= 0.3 is 0 Å². The van der Waals surface area contributed by atoms with Crippen molar-refractivity contribution in [3.05, 3.63) is 96.1 Å². The first-order valence-electron chi connectivity index (χ1n) is 12.1. The molecule has 0 aliphatic carbocycles. The molecule has 0 aliphatic heterocycles. The van der Waals surface area contributed by atoms with Crippen LogP contribution in [0.4, 0.5) is 11.4 Å². The van der Waals surface area contributed by atoms with Crippen LogP contribution in [0.15, 0.2) is 84.9 Å². The first kappa shape index (κ1) is 27.1. The van der Waals surface area contributed by atoms with Gasteiger partial charge in [0.1, 0.15) is 12.8 Å². The zero-order valence-corrected chi connectivity index (χ0v) is 20.9. The van der Waals surface area contributed by atoms with E-state index >= 15 is 0 Å². The quantitative estimate of drug-likeness (QED) is 0.352. The van der Waals surface area contributed by atoms with Gasteiger partial charge < -0.3 is 20.3 Å². The van der Waals surface area contributed by atoms with Crippen molar-refractivity contribution in [2.75, 3.05) is 36.5 Å². The van der Waals surface area contributed by atoms with Crippen LogP contribution in [-0.4, -0.2) is 50.7 Å². The minimum Gasteiger partial charge on any atom is -0.369 e. The lowest BCUT2D eigenvalue weighted by molar-refractivity contribution is -0.126. The number of nitrogens with zero attached hydrogens (tertiary/aromatic N) is 2. The summed E-state index contributed by atoms with van der Waals surface area (Å²) in [6.07, 6.45) is 1.39. The van der Waals surface area contributed by atoms with Crippen LogP contribution in [0.2, 0.25) is 0 Å². The molecule has 0 atom stereocenters. The first-order chi connectivity index (χ1) is 18.0. The van der Waals surface area contributed by atoms with E-state index in [0.29, 0.717) is 24.9 Å². The number of aryl methyl sites for hydroxylation is 1. The Kier molecular flexibility index (Phi) is 10.4. The van der Waals surface area contributed by atoms with Crippen molar-refractivity contribution in [2.24, 2.45) is 0 Å². The molecule has 192 valence electrons. The van der Waals surface area contributed by atoms with Gasteiger partial charge in [-0.2, -0.15) is 0 Å². The third-order valence-corrected chi connectivity index (χ3v) is 5.75. The Morgan fingerprint density at radius 2 is 1.35 bits per heavy atom. The highest BCUT2D eigenvalue weighted by Gasteiger charge is 2.23. The Balaban J connectivity index is 1.74. The molecule has 3 aromatic carbocycles. The standard InChI is InChI=1S/C29H32N4O4/c1-32(21-24-12-6-3-7-13-24)25-14-8-9-15-26(25)33(22-28(36)30-18-19-34)29(37)20-31-27(35)17-16-23-10-4-2-5-11-23/h2-15,19H,16-18,20-22H2,1H3,(H,30,36)(H,31,35). The fourth-order valence-electron chi connectivity index (χ4n) is 3.88. The maximum absolute atomic E-state index is 13.3. The molecule has 37 heavy (non-hydrogen) atoms. The average Bonchev–Trinajstić information content (AvgIpc) is 2.93. The number of aldehydes is 1. The summed E-state index contributed by atoms with van der Waals surface area (Å²) >= 11 is 0. The van der Waals surface area contributed by atoms with Gasteiger partial charge in [0.05, 0.1) is 24.5 Å². The van der Waals surface area contributed by atoms with E-state index < -0.39 is 11.8 Å². The SMILES string of the molecule is CN(Cc1ccccc1)c1ccccc1N(CC(=O)NCC=O)C(=O)CNC(=O)CCc1ccccc1. The molecule has 0 unspecified atom stereocenters. The summed E-state index contributed by atoms with van der Waals surface area (Å²) in [5, 5.41) is 5.15. The van der Waals surface area contributed by atoms with Crippen LogP contribution in [0, 0.1) is 0 Å². The van der Waals surface area contributed by atoms with Gasteiger partial charge in [-0.15, -0.1) is 0 Å². The van der Waals surface area contributed by atoms with Crippen LogP contribution < -0.4 is 20.4 Å². The molecule has 0 radical (unpaired) electrons. The number of anilines is 2. The third-order valence-electron chi connectivity index (χ3n) is 5.75. The Bertz CT molecular complexity index is 1180. The summed E-state index contributed by atoms with van der Waals surface area (Å²) < 4.78 is 0. The number of carbonyl (C=O) groups is 4. The predicted octanol–water partition coefficient (Wildman–Crippen LogP) is 2.72. The molecule has 0 bridgehead atoms. The highest BCUT2D eigenvalue weighted by atomic mass is 16.2. The van der Waals surface area contributed by atoms with E-state index in [0.717, 1.165) is 16.8 Å². The monoisotopic (exact) mass is 500 g/mol. The van der Waals surface area contributed by atoms with Crippen molar-refractivity contribution in [3.8, 4) is 0 Å². The summed E-state index contributed by atoms with van der Waals surface area (Å²) in [4.78, 5) is 52.3. The molecule has 2 N–H and O–H groups in total. The summed E-state index contributed by atoms with van der Waals surface area (Å²) in [6.45, 7) is -0.103. The number of carbonyl (C=O) groups excluding carboxylic acids is 4. The Morgan fingerprint density at radius 1 is 0.757 bits per heavy atom. The highest BCUT2D eigenvalue weighted by molar-refractivity contribution is 6.03. The second-order valence-corrected chi connectivity index (χ2v) is 8.54. The largest absolute Gasteiger partial charge is 0.369 e. The topological polar surface area (TPSA) is 98.8 Å².